The van der Waals surface area contributed by atoms with E-state index in [1.807, 2.05) is 6.92 Å². The maximum Gasteiger partial charge on any atom is 0.147 e. The van der Waals surface area contributed by atoms with E-state index in [-0.39, 0.29) is 12.1 Å². The molecule has 1 fully saturated rings. The van der Waals surface area contributed by atoms with Gasteiger partial charge in [-0.3, -0.25) is 4.98 Å². The van der Waals surface area contributed by atoms with Gasteiger partial charge in [-0.2, -0.15) is 0 Å². The second-order valence-electron chi connectivity index (χ2n) is 4.42. The van der Waals surface area contributed by atoms with E-state index in [0.717, 1.165) is 43.9 Å². The minimum atomic E-state index is -0.270. The van der Waals surface area contributed by atoms with Gasteiger partial charge in [0, 0.05) is 6.54 Å². The fraction of sp³-hybridized carbons (Fsp3) is 0.667. The van der Waals surface area contributed by atoms with Crippen LogP contribution >= 0.6 is 0 Å². The Morgan fingerprint density at radius 1 is 1.29 bits per heavy atom. The Balaban J connectivity index is 1.99. The molecule has 94 valence electrons. The van der Waals surface area contributed by atoms with Crippen LogP contribution in [0.1, 0.15) is 32.6 Å². The summed E-state index contributed by atoms with van der Waals surface area (Å²) in [6, 6.07) is 0.106. The van der Waals surface area contributed by atoms with Crippen molar-refractivity contribution in [2.24, 2.45) is 0 Å². The molecule has 0 aliphatic heterocycles. The third-order valence-corrected chi connectivity index (χ3v) is 3.06. The predicted octanol–water partition coefficient (Wildman–Crippen LogP) is 1.62. The molecule has 1 heterocycles. The van der Waals surface area contributed by atoms with Gasteiger partial charge in [0.15, 0.2) is 0 Å². The Hall–Kier alpha value is -1.36. The topological polar surface area (TPSA) is 70.1 Å². The number of anilines is 2. The van der Waals surface area contributed by atoms with Crippen LogP contribution in [0.3, 0.4) is 0 Å². The van der Waals surface area contributed by atoms with Crippen molar-refractivity contribution in [2.45, 2.75) is 44.8 Å². The smallest absolute Gasteiger partial charge is 0.147 e. The highest BCUT2D eigenvalue weighted by atomic mass is 16.3. The zero-order valence-corrected chi connectivity index (χ0v) is 10.2. The first-order valence-corrected chi connectivity index (χ1v) is 6.30. The zero-order valence-electron chi connectivity index (χ0n) is 10.2. The summed E-state index contributed by atoms with van der Waals surface area (Å²) in [7, 11) is 0. The summed E-state index contributed by atoms with van der Waals surface area (Å²) >= 11 is 0. The second-order valence-corrected chi connectivity index (χ2v) is 4.42. The molecule has 0 amide bonds. The molecule has 1 saturated carbocycles. The molecule has 1 aliphatic carbocycles. The molecule has 3 N–H and O–H groups in total. The number of aliphatic hydroxyl groups excluding tert-OH is 1. The molecule has 0 aromatic carbocycles. The number of aliphatic hydroxyl groups is 1. The minimum Gasteiger partial charge on any atom is -0.391 e. The van der Waals surface area contributed by atoms with Gasteiger partial charge in [0.05, 0.1) is 24.5 Å². The fourth-order valence-corrected chi connectivity index (χ4v) is 2.17. The molecular weight excluding hydrogens is 216 g/mol. The maximum absolute atomic E-state index is 9.88. The summed E-state index contributed by atoms with van der Waals surface area (Å²) in [4.78, 5) is 8.52. The Labute approximate surface area is 102 Å². The number of rotatable bonds is 4. The molecule has 0 saturated heterocycles. The average Bonchev–Trinajstić information content (AvgIpc) is 2.33. The lowest BCUT2D eigenvalue weighted by atomic mass is 9.93. The van der Waals surface area contributed by atoms with E-state index in [1.54, 1.807) is 12.4 Å². The fourth-order valence-electron chi connectivity index (χ4n) is 2.17. The van der Waals surface area contributed by atoms with E-state index in [4.69, 9.17) is 0 Å². The van der Waals surface area contributed by atoms with E-state index in [1.165, 1.54) is 0 Å². The highest BCUT2D eigenvalue weighted by molar-refractivity contribution is 5.42. The SMILES string of the molecule is CCNc1cncc(NC2CCCCC2O)n1. The summed E-state index contributed by atoms with van der Waals surface area (Å²) in [6.07, 6.45) is 7.27. The van der Waals surface area contributed by atoms with Crippen LogP contribution in [0.2, 0.25) is 0 Å². The third-order valence-electron chi connectivity index (χ3n) is 3.06. The first-order chi connectivity index (χ1) is 8.29. The third kappa shape index (κ3) is 3.30. The van der Waals surface area contributed by atoms with Crippen molar-refractivity contribution in [3.63, 3.8) is 0 Å². The van der Waals surface area contributed by atoms with Crippen molar-refractivity contribution in [1.29, 1.82) is 0 Å². The van der Waals surface area contributed by atoms with Crippen molar-refractivity contribution in [1.82, 2.24) is 9.97 Å². The van der Waals surface area contributed by atoms with Crippen molar-refractivity contribution >= 4 is 11.6 Å². The average molecular weight is 236 g/mol. The van der Waals surface area contributed by atoms with Gasteiger partial charge in [-0.15, -0.1) is 0 Å². The van der Waals surface area contributed by atoms with E-state index in [0.29, 0.717) is 0 Å². The quantitative estimate of drug-likeness (QED) is 0.741. The van der Waals surface area contributed by atoms with Crippen LogP contribution < -0.4 is 10.6 Å². The molecule has 1 aromatic heterocycles. The van der Waals surface area contributed by atoms with Gasteiger partial charge in [0.2, 0.25) is 0 Å². The van der Waals surface area contributed by atoms with Crippen LogP contribution in [0.15, 0.2) is 12.4 Å². The lowest BCUT2D eigenvalue weighted by Gasteiger charge is -2.28. The van der Waals surface area contributed by atoms with Crippen LogP contribution in [-0.2, 0) is 0 Å². The van der Waals surface area contributed by atoms with Crippen LogP contribution in [0.5, 0.6) is 0 Å². The van der Waals surface area contributed by atoms with Crippen LogP contribution in [0.25, 0.3) is 0 Å². The maximum atomic E-state index is 9.88. The molecule has 2 atom stereocenters. The Morgan fingerprint density at radius 3 is 2.82 bits per heavy atom. The lowest BCUT2D eigenvalue weighted by molar-refractivity contribution is 0.116. The van der Waals surface area contributed by atoms with Gasteiger partial charge in [0.1, 0.15) is 11.6 Å². The van der Waals surface area contributed by atoms with Gasteiger partial charge in [-0.05, 0) is 19.8 Å². The number of hydrogen-bond donors (Lipinski definition) is 3. The first kappa shape index (κ1) is 12.1. The highest BCUT2D eigenvalue weighted by Gasteiger charge is 2.23. The molecule has 1 aliphatic rings. The van der Waals surface area contributed by atoms with E-state index >= 15 is 0 Å². The summed E-state index contributed by atoms with van der Waals surface area (Å²) in [5.41, 5.74) is 0. The van der Waals surface area contributed by atoms with E-state index in [2.05, 4.69) is 20.6 Å². The van der Waals surface area contributed by atoms with Crippen LogP contribution in [0, 0.1) is 0 Å². The summed E-state index contributed by atoms with van der Waals surface area (Å²) in [5.74, 6) is 1.50. The van der Waals surface area contributed by atoms with Crippen LogP contribution in [0.4, 0.5) is 11.6 Å². The van der Waals surface area contributed by atoms with Gasteiger partial charge in [-0.25, -0.2) is 4.98 Å². The van der Waals surface area contributed by atoms with Crippen LogP contribution in [-0.4, -0.2) is 33.8 Å². The van der Waals surface area contributed by atoms with Crippen molar-refractivity contribution in [3.8, 4) is 0 Å². The minimum absolute atomic E-state index is 0.106. The molecule has 5 heteroatoms. The van der Waals surface area contributed by atoms with E-state index < -0.39 is 0 Å². The van der Waals surface area contributed by atoms with Crippen molar-refractivity contribution in [3.05, 3.63) is 12.4 Å². The highest BCUT2D eigenvalue weighted by Crippen LogP contribution is 2.21. The molecule has 0 radical (unpaired) electrons. The number of hydrogen-bond acceptors (Lipinski definition) is 5. The molecule has 2 rings (SSSR count). The monoisotopic (exact) mass is 236 g/mol. The molecular formula is C12H20N4O. The Bertz CT molecular complexity index is 358. The number of nitrogens with one attached hydrogen (secondary N) is 2. The largest absolute Gasteiger partial charge is 0.391 e. The van der Waals surface area contributed by atoms with Gasteiger partial charge in [0.25, 0.3) is 0 Å². The molecule has 2 unspecified atom stereocenters. The second kappa shape index (κ2) is 5.82. The zero-order chi connectivity index (χ0) is 12.1. The predicted molar refractivity (Wildman–Crippen MR) is 68.1 cm³/mol. The van der Waals surface area contributed by atoms with Gasteiger partial charge in [-0.1, -0.05) is 12.8 Å². The summed E-state index contributed by atoms with van der Waals surface area (Å²) in [5, 5.41) is 16.3. The number of aromatic nitrogens is 2. The number of nitrogens with zero attached hydrogens (tertiary/aromatic N) is 2. The normalized spacial score (nSPS) is 24.4. The summed E-state index contributed by atoms with van der Waals surface area (Å²) in [6.45, 7) is 2.84. The molecule has 5 nitrogen and oxygen atoms in total. The summed E-state index contributed by atoms with van der Waals surface area (Å²) < 4.78 is 0. The van der Waals surface area contributed by atoms with Gasteiger partial charge >= 0.3 is 0 Å². The Morgan fingerprint density at radius 2 is 2.06 bits per heavy atom. The van der Waals surface area contributed by atoms with Gasteiger partial charge < -0.3 is 15.7 Å². The molecule has 1 aromatic rings. The standard InChI is InChI=1S/C12H20N4O/c1-2-14-11-7-13-8-12(16-11)15-9-5-3-4-6-10(9)17/h7-10,17H,2-6H2,1H3,(H2,14,15,16). The van der Waals surface area contributed by atoms with Crippen molar-refractivity contribution in [2.75, 3.05) is 17.2 Å². The molecule has 17 heavy (non-hydrogen) atoms. The molecule has 0 spiro atoms. The van der Waals surface area contributed by atoms with Crippen molar-refractivity contribution < 1.29 is 5.11 Å². The van der Waals surface area contributed by atoms with E-state index in [9.17, 15) is 5.11 Å². The first-order valence-electron chi connectivity index (χ1n) is 6.30. The Kier molecular flexibility index (Phi) is 4.14. The molecule has 0 bridgehead atoms. The lowest BCUT2D eigenvalue weighted by Crippen LogP contribution is -2.36.